The van der Waals surface area contributed by atoms with Crippen LogP contribution < -0.4 is 0 Å². The van der Waals surface area contributed by atoms with Gasteiger partial charge in [-0.25, -0.2) is 0 Å². The number of ether oxygens (including phenoxy) is 1. The summed E-state index contributed by atoms with van der Waals surface area (Å²) in [5, 5.41) is 17.3. The van der Waals surface area contributed by atoms with Gasteiger partial charge in [-0.05, 0) is 25.1 Å². The lowest BCUT2D eigenvalue weighted by molar-refractivity contribution is -0.380. The molecule has 0 unspecified atom stereocenters. The van der Waals surface area contributed by atoms with E-state index in [0.29, 0.717) is 4.88 Å². The molecule has 9 heteroatoms. The Bertz CT molecular complexity index is 1110. The summed E-state index contributed by atoms with van der Waals surface area (Å²) >= 11 is 0.951. The number of pyridine rings is 1. The van der Waals surface area contributed by atoms with Crippen molar-refractivity contribution >= 4 is 39.0 Å². The number of hydrazone groups is 1. The van der Waals surface area contributed by atoms with E-state index < -0.39 is 11.2 Å². The Balaban J connectivity index is 1.78. The lowest BCUT2D eigenvalue weighted by atomic mass is 10.1. The maximum absolute atomic E-state index is 12.2. The fourth-order valence-electron chi connectivity index (χ4n) is 2.95. The Morgan fingerprint density at radius 1 is 1.30 bits per heavy atom. The lowest BCUT2D eigenvalue weighted by Crippen LogP contribution is -2.25. The zero-order chi connectivity index (χ0) is 19.1. The summed E-state index contributed by atoms with van der Waals surface area (Å²) in [7, 11) is 0. The van der Waals surface area contributed by atoms with Crippen LogP contribution in [0.25, 0.3) is 10.9 Å². The molecule has 0 N–H and O–H groups in total. The predicted octanol–water partition coefficient (Wildman–Crippen LogP) is 3.75. The number of nitro groups is 1. The van der Waals surface area contributed by atoms with Gasteiger partial charge < -0.3 is 4.74 Å². The van der Waals surface area contributed by atoms with Crippen LogP contribution in [-0.2, 0) is 9.53 Å². The molecule has 2 aromatic heterocycles. The van der Waals surface area contributed by atoms with Gasteiger partial charge >= 0.3 is 5.00 Å². The van der Waals surface area contributed by atoms with Crippen LogP contribution in [0.3, 0.4) is 0 Å². The molecule has 3 heterocycles. The zero-order valence-electron chi connectivity index (χ0n) is 14.4. The SMILES string of the molecule is CC(=O)N1N=C(c2ccc([N+](=O)[O-])s2)O[C@@H]1c1cc(C)nc2ccccc12. The fourth-order valence-corrected chi connectivity index (χ4v) is 3.70. The van der Waals surface area contributed by atoms with E-state index in [2.05, 4.69) is 10.1 Å². The van der Waals surface area contributed by atoms with Crippen LogP contribution in [-0.4, -0.2) is 26.7 Å². The van der Waals surface area contributed by atoms with Crippen molar-refractivity contribution in [3.05, 3.63) is 68.7 Å². The number of aryl methyl sites for hydroxylation is 1. The molecule has 0 radical (unpaired) electrons. The summed E-state index contributed by atoms with van der Waals surface area (Å²) < 4.78 is 5.98. The van der Waals surface area contributed by atoms with Gasteiger partial charge in [0.1, 0.15) is 0 Å². The molecule has 0 aliphatic carbocycles. The quantitative estimate of drug-likeness (QED) is 0.507. The number of carbonyl (C=O) groups excluding carboxylic acids is 1. The van der Waals surface area contributed by atoms with Gasteiger partial charge in [0.15, 0.2) is 0 Å². The predicted molar refractivity (Wildman–Crippen MR) is 100 cm³/mol. The highest BCUT2D eigenvalue weighted by Gasteiger charge is 2.35. The van der Waals surface area contributed by atoms with Crippen LogP contribution in [0.4, 0.5) is 5.00 Å². The van der Waals surface area contributed by atoms with Crippen molar-refractivity contribution in [3.63, 3.8) is 0 Å². The van der Waals surface area contributed by atoms with Crippen LogP contribution in [0.2, 0.25) is 0 Å². The van der Waals surface area contributed by atoms with Gasteiger partial charge in [-0.15, -0.1) is 5.10 Å². The van der Waals surface area contributed by atoms with E-state index in [0.717, 1.165) is 33.5 Å². The average molecular weight is 382 g/mol. The Morgan fingerprint density at radius 2 is 2.07 bits per heavy atom. The number of amides is 1. The summed E-state index contributed by atoms with van der Waals surface area (Å²) in [6, 6.07) is 12.4. The molecule has 0 spiro atoms. The topological polar surface area (TPSA) is 97.9 Å². The van der Waals surface area contributed by atoms with E-state index in [1.807, 2.05) is 37.3 Å². The number of rotatable bonds is 3. The monoisotopic (exact) mass is 382 g/mol. The minimum absolute atomic E-state index is 0.0145. The van der Waals surface area contributed by atoms with E-state index >= 15 is 0 Å². The van der Waals surface area contributed by atoms with Crippen LogP contribution in [0.5, 0.6) is 0 Å². The third-order valence-corrected chi connectivity index (χ3v) is 5.12. The normalized spacial score (nSPS) is 16.3. The van der Waals surface area contributed by atoms with Crippen LogP contribution in [0.1, 0.15) is 29.3 Å². The summed E-state index contributed by atoms with van der Waals surface area (Å²) in [5.41, 5.74) is 2.34. The first kappa shape index (κ1) is 17.1. The molecule has 4 rings (SSSR count). The molecule has 0 bridgehead atoms. The van der Waals surface area contributed by atoms with Gasteiger partial charge in [0.25, 0.3) is 5.90 Å². The fraction of sp³-hybridized carbons (Fsp3) is 0.167. The molecule has 136 valence electrons. The largest absolute Gasteiger partial charge is 0.445 e. The van der Waals surface area contributed by atoms with E-state index in [1.54, 1.807) is 6.07 Å². The van der Waals surface area contributed by atoms with Gasteiger partial charge in [0.05, 0.1) is 15.3 Å². The van der Waals surface area contributed by atoms with Crippen molar-refractivity contribution < 1.29 is 14.5 Å². The van der Waals surface area contributed by atoms with Crippen molar-refractivity contribution in [1.82, 2.24) is 9.99 Å². The maximum Gasteiger partial charge on any atom is 0.324 e. The minimum Gasteiger partial charge on any atom is -0.445 e. The van der Waals surface area contributed by atoms with Gasteiger partial charge in [0.2, 0.25) is 12.1 Å². The first-order valence-electron chi connectivity index (χ1n) is 8.10. The molecule has 0 saturated heterocycles. The molecule has 27 heavy (non-hydrogen) atoms. The molecule has 0 saturated carbocycles. The molecule has 3 aromatic rings. The summed E-state index contributed by atoms with van der Waals surface area (Å²) in [4.78, 5) is 27.6. The highest BCUT2D eigenvalue weighted by atomic mass is 32.1. The first-order valence-corrected chi connectivity index (χ1v) is 8.91. The van der Waals surface area contributed by atoms with Crippen molar-refractivity contribution in [1.29, 1.82) is 0 Å². The lowest BCUT2D eigenvalue weighted by Gasteiger charge is -2.21. The van der Waals surface area contributed by atoms with Crippen molar-refractivity contribution in [2.75, 3.05) is 0 Å². The van der Waals surface area contributed by atoms with E-state index in [-0.39, 0.29) is 16.8 Å². The smallest absolute Gasteiger partial charge is 0.324 e. The van der Waals surface area contributed by atoms with Crippen molar-refractivity contribution in [3.8, 4) is 0 Å². The summed E-state index contributed by atoms with van der Waals surface area (Å²) in [6.07, 6.45) is -0.759. The number of hydrogen-bond acceptors (Lipinski definition) is 7. The number of carbonyl (C=O) groups is 1. The van der Waals surface area contributed by atoms with E-state index in [9.17, 15) is 14.9 Å². The Kier molecular flexibility index (Phi) is 4.08. The van der Waals surface area contributed by atoms with Gasteiger partial charge in [-0.3, -0.25) is 19.9 Å². The summed E-state index contributed by atoms with van der Waals surface area (Å²) in [6.45, 7) is 3.27. The number of thiophene rings is 1. The second kappa shape index (κ2) is 6.44. The number of fused-ring (bicyclic) bond motifs is 1. The second-order valence-electron chi connectivity index (χ2n) is 6.00. The van der Waals surface area contributed by atoms with Crippen LogP contribution in [0.15, 0.2) is 47.6 Å². The molecule has 1 aliphatic rings. The molecule has 0 fully saturated rings. The number of para-hydroxylation sites is 1. The third-order valence-electron chi connectivity index (χ3n) is 4.09. The summed E-state index contributed by atoms with van der Waals surface area (Å²) in [5.74, 6) is -0.105. The standard InChI is InChI=1S/C18H14N4O4S/c1-10-9-13(12-5-3-4-6-14(12)19-10)18-21(11(2)23)20-17(26-18)15-7-8-16(27-15)22(24)25/h3-9,18H,1-2H3/t18-/m1/s1. The Hall–Kier alpha value is -3.33. The maximum atomic E-state index is 12.2. The molecular formula is C18H14N4O4S. The van der Waals surface area contributed by atoms with Gasteiger partial charge in [0, 0.05) is 29.6 Å². The van der Waals surface area contributed by atoms with Crippen LogP contribution >= 0.6 is 11.3 Å². The molecule has 1 aromatic carbocycles. The molecule has 8 nitrogen and oxygen atoms in total. The molecule has 1 atom stereocenters. The highest BCUT2D eigenvalue weighted by Crippen LogP contribution is 2.36. The number of benzene rings is 1. The zero-order valence-corrected chi connectivity index (χ0v) is 15.3. The van der Waals surface area contributed by atoms with Gasteiger partial charge in [-0.2, -0.15) is 5.01 Å². The highest BCUT2D eigenvalue weighted by molar-refractivity contribution is 7.17. The average Bonchev–Trinajstić information content (AvgIpc) is 3.28. The molecule has 1 amide bonds. The van der Waals surface area contributed by atoms with E-state index in [1.165, 1.54) is 18.0 Å². The number of aromatic nitrogens is 1. The second-order valence-corrected chi connectivity index (χ2v) is 7.07. The minimum atomic E-state index is -0.759. The van der Waals surface area contributed by atoms with Crippen molar-refractivity contribution in [2.45, 2.75) is 20.1 Å². The first-order chi connectivity index (χ1) is 12.9. The van der Waals surface area contributed by atoms with Gasteiger partial charge in [-0.1, -0.05) is 29.5 Å². The third kappa shape index (κ3) is 3.02. The van der Waals surface area contributed by atoms with Crippen LogP contribution in [0, 0.1) is 17.0 Å². The van der Waals surface area contributed by atoms with Crippen molar-refractivity contribution in [2.24, 2.45) is 5.10 Å². The van der Waals surface area contributed by atoms with E-state index in [4.69, 9.17) is 4.74 Å². The molecular weight excluding hydrogens is 368 g/mol. The Labute approximate surface area is 157 Å². The Morgan fingerprint density at radius 3 is 2.78 bits per heavy atom. The number of hydrogen-bond donors (Lipinski definition) is 0. The molecule has 1 aliphatic heterocycles. The number of nitrogens with zero attached hydrogens (tertiary/aromatic N) is 4.